The second-order valence-corrected chi connectivity index (χ2v) is 6.16. The van der Waals surface area contributed by atoms with Crippen molar-refractivity contribution in [2.24, 2.45) is 5.41 Å². The third-order valence-electron chi connectivity index (χ3n) is 4.48. The van der Waals surface area contributed by atoms with Crippen LogP contribution in [0.15, 0.2) is 18.2 Å². The highest BCUT2D eigenvalue weighted by molar-refractivity contribution is 5.42. The number of ether oxygens (including phenoxy) is 1. The summed E-state index contributed by atoms with van der Waals surface area (Å²) in [6.45, 7) is 5.21. The van der Waals surface area contributed by atoms with Crippen molar-refractivity contribution in [1.29, 1.82) is 0 Å². The number of rotatable bonds is 3. The zero-order chi connectivity index (χ0) is 12.4. The quantitative estimate of drug-likeness (QED) is 0.878. The molecule has 0 saturated heterocycles. The molecule has 18 heavy (non-hydrogen) atoms. The molecule has 1 fully saturated rings. The molecular formula is C16H23NO. The summed E-state index contributed by atoms with van der Waals surface area (Å²) >= 11 is 0. The highest BCUT2D eigenvalue weighted by atomic mass is 16.5. The molecule has 1 N–H and O–H groups in total. The predicted molar refractivity (Wildman–Crippen MR) is 73.7 cm³/mol. The average Bonchev–Trinajstić information content (AvgIpc) is 2.86. The lowest BCUT2D eigenvalue weighted by molar-refractivity contribution is 0.115. The molecule has 0 atom stereocenters. The summed E-state index contributed by atoms with van der Waals surface area (Å²) in [4.78, 5) is 0. The molecule has 0 aromatic heterocycles. The number of nitrogens with one attached hydrogen (secondary N) is 1. The lowest BCUT2D eigenvalue weighted by Crippen LogP contribution is -2.27. The van der Waals surface area contributed by atoms with Crippen LogP contribution in [-0.2, 0) is 13.1 Å². The molecule has 0 unspecified atom stereocenters. The molecule has 98 valence electrons. The lowest BCUT2D eigenvalue weighted by atomic mass is 9.76. The predicted octanol–water partition coefficient (Wildman–Crippen LogP) is 3.64. The smallest absolute Gasteiger partial charge is 0.124 e. The van der Waals surface area contributed by atoms with E-state index in [9.17, 15) is 0 Å². The average molecular weight is 245 g/mol. The maximum absolute atomic E-state index is 6.15. The Hall–Kier alpha value is -1.02. The zero-order valence-corrected chi connectivity index (χ0v) is 11.3. The van der Waals surface area contributed by atoms with Crippen molar-refractivity contribution < 1.29 is 4.74 Å². The van der Waals surface area contributed by atoms with Crippen LogP contribution in [0.25, 0.3) is 0 Å². The molecule has 2 nitrogen and oxygen atoms in total. The Morgan fingerprint density at radius 1 is 1.17 bits per heavy atom. The fourth-order valence-electron chi connectivity index (χ4n) is 3.24. The van der Waals surface area contributed by atoms with Crippen molar-refractivity contribution in [3.8, 4) is 5.75 Å². The molecule has 0 spiro atoms. The Labute approximate surface area is 110 Å². The summed E-state index contributed by atoms with van der Waals surface area (Å²) in [7, 11) is 0. The van der Waals surface area contributed by atoms with Crippen LogP contribution in [0, 0.1) is 5.41 Å². The van der Waals surface area contributed by atoms with E-state index < -0.39 is 0 Å². The van der Waals surface area contributed by atoms with Gasteiger partial charge in [-0.25, -0.2) is 0 Å². The van der Waals surface area contributed by atoms with E-state index in [0.717, 1.165) is 25.4 Å². The van der Waals surface area contributed by atoms with Gasteiger partial charge in [0.05, 0.1) is 6.61 Å². The highest BCUT2D eigenvalue weighted by Gasteiger charge is 2.28. The van der Waals surface area contributed by atoms with Crippen molar-refractivity contribution in [3.05, 3.63) is 29.3 Å². The van der Waals surface area contributed by atoms with Gasteiger partial charge in [0.1, 0.15) is 5.75 Å². The van der Waals surface area contributed by atoms with Crippen molar-refractivity contribution in [2.75, 3.05) is 6.61 Å². The van der Waals surface area contributed by atoms with Crippen molar-refractivity contribution in [1.82, 2.24) is 5.32 Å². The molecule has 1 saturated carbocycles. The molecule has 3 rings (SSSR count). The standard InChI is InChI=1S/C16H23NO/c1-16(8-3-2-4-9-16)12-18-15-7-5-6-13-10-17-11-14(13)15/h5-7,17H,2-4,8-12H2,1H3. The van der Waals surface area contributed by atoms with Gasteiger partial charge in [-0.1, -0.05) is 38.3 Å². The maximum Gasteiger partial charge on any atom is 0.124 e. The van der Waals surface area contributed by atoms with Gasteiger partial charge >= 0.3 is 0 Å². The fraction of sp³-hybridized carbons (Fsp3) is 0.625. The summed E-state index contributed by atoms with van der Waals surface area (Å²) in [5, 5.41) is 3.40. The van der Waals surface area contributed by atoms with Crippen molar-refractivity contribution in [3.63, 3.8) is 0 Å². The SMILES string of the molecule is CC1(COc2cccc3c2CNC3)CCCCC1. The van der Waals surface area contributed by atoms with Gasteiger partial charge in [-0.15, -0.1) is 0 Å². The molecule has 1 aromatic carbocycles. The van der Waals surface area contributed by atoms with E-state index in [2.05, 4.69) is 30.4 Å². The van der Waals surface area contributed by atoms with E-state index in [1.54, 1.807) is 0 Å². The number of benzene rings is 1. The number of hydrogen-bond acceptors (Lipinski definition) is 2. The first-order chi connectivity index (χ1) is 8.77. The monoisotopic (exact) mass is 245 g/mol. The van der Waals surface area contributed by atoms with Crippen LogP contribution in [0.2, 0.25) is 0 Å². The highest BCUT2D eigenvalue weighted by Crippen LogP contribution is 2.37. The van der Waals surface area contributed by atoms with E-state index in [1.807, 2.05) is 0 Å². The second kappa shape index (κ2) is 4.93. The molecule has 0 amide bonds. The number of fused-ring (bicyclic) bond motifs is 1. The summed E-state index contributed by atoms with van der Waals surface area (Å²) in [6, 6.07) is 6.44. The Kier molecular flexibility index (Phi) is 3.29. The molecule has 2 heteroatoms. The van der Waals surface area contributed by atoms with Crippen molar-refractivity contribution in [2.45, 2.75) is 52.1 Å². The molecule has 1 aliphatic carbocycles. The zero-order valence-electron chi connectivity index (χ0n) is 11.3. The van der Waals surface area contributed by atoms with Crippen LogP contribution in [0.5, 0.6) is 5.75 Å². The minimum atomic E-state index is 0.396. The Morgan fingerprint density at radius 3 is 2.83 bits per heavy atom. The Morgan fingerprint density at radius 2 is 2.00 bits per heavy atom. The first-order valence-electron chi connectivity index (χ1n) is 7.21. The van der Waals surface area contributed by atoms with Gasteiger partial charge < -0.3 is 10.1 Å². The first-order valence-corrected chi connectivity index (χ1v) is 7.21. The van der Waals surface area contributed by atoms with Crippen LogP contribution < -0.4 is 10.1 Å². The van der Waals surface area contributed by atoms with Crippen molar-refractivity contribution >= 4 is 0 Å². The van der Waals surface area contributed by atoms with E-state index in [1.165, 1.54) is 43.2 Å². The first kappa shape index (κ1) is 12.0. The van der Waals surface area contributed by atoms with Gasteiger partial charge in [-0.05, 0) is 24.5 Å². The molecule has 1 aromatic rings. The van der Waals surface area contributed by atoms with Gasteiger partial charge in [0.15, 0.2) is 0 Å². The second-order valence-electron chi connectivity index (χ2n) is 6.16. The van der Waals surface area contributed by atoms with Crippen LogP contribution >= 0.6 is 0 Å². The molecule has 0 bridgehead atoms. The molecule has 1 aliphatic heterocycles. The van der Waals surface area contributed by atoms with E-state index in [4.69, 9.17) is 4.74 Å². The van der Waals surface area contributed by atoms with E-state index in [0.29, 0.717) is 5.41 Å². The third-order valence-corrected chi connectivity index (χ3v) is 4.48. The molecule has 2 aliphatic rings. The summed E-state index contributed by atoms with van der Waals surface area (Å²) in [5.41, 5.74) is 3.17. The fourth-order valence-corrected chi connectivity index (χ4v) is 3.24. The summed E-state index contributed by atoms with van der Waals surface area (Å²) in [6.07, 6.45) is 6.78. The minimum absolute atomic E-state index is 0.396. The normalized spacial score (nSPS) is 21.6. The van der Waals surface area contributed by atoms with Gasteiger partial charge in [0, 0.05) is 24.1 Å². The van der Waals surface area contributed by atoms with E-state index >= 15 is 0 Å². The summed E-state index contributed by atoms with van der Waals surface area (Å²) < 4.78 is 6.15. The maximum atomic E-state index is 6.15. The van der Waals surface area contributed by atoms with Crippen LogP contribution in [-0.4, -0.2) is 6.61 Å². The van der Waals surface area contributed by atoms with Crippen LogP contribution in [0.1, 0.15) is 50.2 Å². The number of hydrogen-bond donors (Lipinski definition) is 1. The van der Waals surface area contributed by atoms with Gasteiger partial charge in [-0.3, -0.25) is 0 Å². The topological polar surface area (TPSA) is 21.3 Å². The van der Waals surface area contributed by atoms with Crippen LogP contribution in [0.3, 0.4) is 0 Å². The van der Waals surface area contributed by atoms with E-state index in [-0.39, 0.29) is 0 Å². The Bertz CT molecular complexity index is 421. The van der Waals surface area contributed by atoms with Gasteiger partial charge in [0.2, 0.25) is 0 Å². The van der Waals surface area contributed by atoms with Gasteiger partial charge in [0.25, 0.3) is 0 Å². The lowest BCUT2D eigenvalue weighted by Gasteiger charge is -2.33. The minimum Gasteiger partial charge on any atom is -0.493 e. The molecule has 0 radical (unpaired) electrons. The Balaban J connectivity index is 1.68. The summed E-state index contributed by atoms with van der Waals surface area (Å²) in [5.74, 6) is 1.10. The largest absolute Gasteiger partial charge is 0.493 e. The molecule has 1 heterocycles. The van der Waals surface area contributed by atoms with Gasteiger partial charge in [-0.2, -0.15) is 0 Å². The molecular weight excluding hydrogens is 222 g/mol. The van der Waals surface area contributed by atoms with Crippen LogP contribution in [0.4, 0.5) is 0 Å². The third kappa shape index (κ3) is 2.39.